The Morgan fingerprint density at radius 2 is 2.23 bits per heavy atom. The number of carbonyl (C=O) groups is 1. The van der Waals surface area contributed by atoms with Crippen LogP contribution < -0.4 is 4.74 Å². The van der Waals surface area contributed by atoms with Crippen LogP contribution in [0.25, 0.3) is 0 Å². The Bertz CT molecular complexity index is 372. The fraction of sp³-hybridized carbons (Fsp3) is 0.182. The molecule has 1 aromatic rings. The van der Waals surface area contributed by atoms with E-state index in [1.165, 1.54) is 14.0 Å². The van der Waals surface area contributed by atoms with E-state index in [1.807, 2.05) is 0 Å². The van der Waals surface area contributed by atoms with Gasteiger partial charge in [-0.25, -0.2) is 0 Å². The SMILES string of the molecule is C#Cc1c(OC)cccc1C(C)=O. The highest BCUT2D eigenvalue weighted by molar-refractivity contribution is 5.97. The summed E-state index contributed by atoms with van der Waals surface area (Å²) in [6.45, 7) is 1.48. The number of hydrogen-bond donors (Lipinski definition) is 0. The topological polar surface area (TPSA) is 26.3 Å². The van der Waals surface area contributed by atoms with Gasteiger partial charge in [0.2, 0.25) is 0 Å². The maximum atomic E-state index is 11.1. The molecule has 0 saturated carbocycles. The Hall–Kier alpha value is -1.75. The predicted octanol–water partition coefficient (Wildman–Crippen LogP) is 1.88. The molecule has 0 radical (unpaired) electrons. The van der Waals surface area contributed by atoms with Gasteiger partial charge >= 0.3 is 0 Å². The minimum atomic E-state index is -0.0492. The Balaban J connectivity index is 3.38. The van der Waals surface area contributed by atoms with Crippen LogP contribution in [-0.2, 0) is 0 Å². The van der Waals surface area contributed by atoms with Gasteiger partial charge in [0.1, 0.15) is 5.75 Å². The second kappa shape index (κ2) is 3.77. The number of rotatable bonds is 2. The molecular formula is C11H10O2. The first-order valence-corrected chi connectivity index (χ1v) is 3.85. The molecular weight excluding hydrogens is 164 g/mol. The predicted molar refractivity (Wildman–Crippen MR) is 50.9 cm³/mol. The van der Waals surface area contributed by atoms with Crippen LogP contribution in [0.15, 0.2) is 18.2 Å². The summed E-state index contributed by atoms with van der Waals surface area (Å²) < 4.78 is 5.03. The summed E-state index contributed by atoms with van der Waals surface area (Å²) in [4.78, 5) is 11.1. The molecule has 0 heterocycles. The van der Waals surface area contributed by atoms with E-state index in [0.29, 0.717) is 16.9 Å². The molecule has 0 unspecified atom stereocenters. The van der Waals surface area contributed by atoms with Crippen molar-refractivity contribution in [3.63, 3.8) is 0 Å². The minimum Gasteiger partial charge on any atom is -0.495 e. The lowest BCUT2D eigenvalue weighted by molar-refractivity contribution is 0.101. The van der Waals surface area contributed by atoms with Crippen LogP contribution in [0.3, 0.4) is 0 Å². The van der Waals surface area contributed by atoms with Gasteiger partial charge in [-0.1, -0.05) is 12.0 Å². The fourth-order valence-corrected chi connectivity index (χ4v) is 1.14. The Morgan fingerprint density at radius 1 is 1.54 bits per heavy atom. The molecule has 0 saturated heterocycles. The van der Waals surface area contributed by atoms with E-state index in [4.69, 9.17) is 11.2 Å². The van der Waals surface area contributed by atoms with Gasteiger partial charge in [-0.15, -0.1) is 6.42 Å². The maximum Gasteiger partial charge on any atom is 0.161 e. The van der Waals surface area contributed by atoms with Crippen LogP contribution >= 0.6 is 0 Å². The summed E-state index contributed by atoms with van der Waals surface area (Å²) in [6, 6.07) is 5.18. The molecule has 66 valence electrons. The molecule has 1 aromatic carbocycles. The number of ketones is 1. The van der Waals surface area contributed by atoms with Crippen molar-refractivity contribution in [1.82, 2.24) is 0 Å². The van der Waals surface area contributed by atoms with Crippen LogP contribution in [0.4, 0.5) is 0 Å². The molecule has 0 N–H and O–H groups in total. The second-order valence-electron chi connectivity index (χ2n) is 2.58. The van der Waals surface area contributed by atoms with E-state index in [2.05, 4.69) is 5.92 Å². The highest BCUT2D eigenvalue weighted by Crippen LogP contribution is 2.21. The summed E-state index contributed by atoms with van der Waals surface area (Å²) in [5, 5.41) is 0. The lowest BCUT2D eigenvalue weighted by Crippen LogP contribution is -1.98. The van der Waals surface area contributed by atoms with Crippen LogP contribution in [0, 0.1) is 12.3 Å². The number of ether oxygens (including phenoxy) is 1. The smallest absolute Gasteiger partial charge is 0.161 e. The number of benzene rings is 1. The van der Waals surface area contributed by atoms with Crippen molar-refractivity contribution in [3.05, 3.63) is 29.3 Å². The first-order chi connectivity index (χ1) is 6.20. The molecule has 0 aromatic heterocycles. The van der Waals surface area contributed by atoms with E-state index in [1.54, 1.807) is 18.2 Å². The number of methoxy groups -OCH3 is 1. The highest BCUT2D eigenvalue weighted by atomic mass is 16.5. The molecule has 0 aliphatic heterocycles. The number of terminal acetylenes is 1. The monoisotopic (exact) mass is 174 g/mol. The average molecular weight is 174 g/mol. The lowest BCUT2D eigenvalue weighted by atomic mass is 10.0. The molecule has 0 bridgehead atoms. The van der Waals surface area contributed by atoms with Gasteiger partial charge in [-0.2, -0.15) is 0 Å². The van der Waals surface area contributed by atoms with Gasteiger partial charge in [0.25, 0.3) is 0 Å². The third-order valence-electron chi connectivity index (χ3n) is 1.77. The van der Waals surface area contributed by atoms with Gasteiger partial charge in [0.15, 0.2) is 5.78 Å². The third-order valence-corrected chi connectivity index (χ3v) is 1.77. The zero-order chi connectivity index (χ0) is 9.84. The number of Topliss-reactive ketones (excluding diaryl/α,β-unsaturated/α-hetero) is 1. The van der Waals surface area contributed by atoms with Crippen LogP contribution in [-0.4, -0.2) is 12.9 Å². The van der Waals surface area contributed by atoms with E-state index < -0.39 is 0 Å². The summed E-state index contributed by atoms with van der Waals surface area (Å²) in [5.41, 5.74) is 1.05. The molecule has 0 fully saturated rings. The standard InChI is InChI=1S/C11H10O2/c1-4-9-10(8(2)12)6-5-7-11(9)13-3/h1,5-7H,2-3H3. The molecule has 0 aliphatic rings. The van der Waals surface area contributed by atoms with Crippen molar-refractivity contribution in [2.75, 3.05) is 7.11 Å². The molecule has 13 heavy (non-hydrogen) atoms. The molecule has 1 rings (SSSR count). The van der Waals surface area contributed by atoms with E-state index in [-0.39, 0.29) is 5.78 Å². The summed E-state index contributed by atoms with van der Waals surface area (Å²) in [6.07, 6.45) is 5.28. The van der Waals surface area contributed by atoms with Crippen LogP contribution in [0.1, 0.15) is 22.8 Å². The maximum absolute atomic E-state index is 11.1. The zero-order valence-electron chi connectivity index (χ0n) is 7.63. The Kier molecular flexibility index (Phi) is 2.71. The van der Waals surface area contributed by atoms with Crippen molar-refractivity contribution >= 4 is 5.78 Å². The third kappa shape index (κ3) is 1.70. The minimum absolute atomic E-state index is 0.0492. The molecule has 2 heteroatoms. The summed E-state index contributed by atoms with van der Waals surface area (Å²) in [7, 11) is 1.53. The average Bonchev–Trinajstić information content (AvgIpc) is 2.16. The lowest BCUT2D eigenvalue weighted by Gasteiger charge is -2.05. The second-order valence-corrected chi connectivity index (χ2v) is 2.58. The normalized spacial score (nSPS) is 9.00. The molecule has 0 amide bonds. The molecule has 2 nitrogen and oxygen atoms in total. The van der Waals surface area contributed by atoms with Crippen LogP contribution in [0.2, 0.25) is 0 Å². The number of hydrogen-bond acceptors (Lipinski definition) is 2. The van der Waals surface area contributed by atoms with Crippen molar-refractivity contribution < 1.29 is 9.53 Å². The van der Waals surface area contributed by atoms with Crippen molar-refractivity contribution in [3.8, 4) is 18.1 Å². The first kappa shape index (κ1) is 9.34. The first-order valence-electron chi connectivity index (χ1n) is 3.85. The fourth-order valence-electron chi connectivity index (χ4n) is 1.14. The number of carbonyl (C=O) groups excluding carboxylic acids is 1. The van der Waals surface area contributed by atoms with Crippen molar-refractivity contribution in [2.24, 2.45) is 0 Å². The van der Waals surface area contributed by atoms with Gasteiger partial charge in [0.05, 0.1) is 12.7 Å². The molecule has 0 spiro atoms. The molecule has 0 atom stereocenters. The highest BCUT2D eigenvalue weighted by Gasteiger charge is 2.09. The zero-order valence-corrected chi connectivity index (χ0v) is 7.63. The van der Waals surface area contributed by atoms with Crippen molar-refractivity contribution in [2.45, 2.75) is 6.92 Å². The van der Waals surface area contributed by atoms with Crippen LogP contribution in [0.5, 0.6) is 5.75 Å². The summed E-state index contributed by atoms with van der Waals surface area (Å²) >= 11 is 0. The van der Waals surface area contributed by atoms with Gasteiger partial charge in [-0.05, 0) is 19.1 Å². The Labute approximate surface area is 77.5 Å². The van der Waals surface area contributed by atoms with E-state index in [0.717, 1.165) is 0 Å². The van der Waals surface area contributed by atoms with Gasteiger partial charge in [0, 0.05) is 5.56 Å². The quantitative estimate of drug-likeness (QED) is 0.505. The van der Waals surface area contributed by atoms with Gasteiger partial charge < -0.3 is 4.74 Å². The van der Waals surface area contributed by atoms with E-state index >= 15 is 0 Å². The van der Waals surface area contributed by atoms with Gasteiger partial charge in [-0.3, -0.25) is 4.79 Å². The largest absolute Gasteiger partial charge is 0.495 e. The Morgan fingerprint density at radius 3 is 2.69 bits per heavy atom. The summed E-state index contributed by atoms with van der Waals surface area (Å²) in [5.74, 6) is 2.97. The van der Waals surface area contributed by atoms with E-state index in [9.17, 15) is 4.79 Å². The molecule has 0 aliphatic carbocycles. The van der Waals surface area contributed by atoms with Crippen molar-refractivity contribution in [1.29, 1.82) is 0 Å².